The monoisotopic (exact) mass is 288 g/mol. The van der Waals surface area contributed by atoms with Crippen LogP contribution in [0, 0.1) is 5.82 Å². The number of benzene rings is 2. The molecular formula is C16H17FN2O2. The third kappa shape index (κ3) is 4.89. The summed E-state index contributed by atoms with van der Waals surface area (Å²) in [5, 5.41) is 2.75. The van der Waals surface area contributed by atoms with Crippen LogP contribution in [0.25, 0.3) is 0 Å². The van der Waals surface area contributed by atoms with Gasteiger partial charge in [-0.25, -0.2) is 4.39 Å². The zero-order valence-electron chi connectivity index (χ0n) is 11.5. The molecule has 0 radical (unpaired) electrons. The van der Waals surface area contributed by atoms with Crippen molar-refractivity contribution in [3.8, 4) is 5.75 Å². The standard InChI is InChI=1S/C16H17FN2O2/c17-13-3-1-2-12(10-13)11-16(20)19-14-4-6-15(7-5-14)21-9-8-18/h1-7,10H,8-9,11,18H2,(H,19,20). The van der Waals surface area contributed by atoms with E-state index in [0.717, 1.165) is 0 Å². The smallest absolute Gasteiger partial charge is 0.228 e. The van der Waals surface area contributed by atoms with Gasteiger partial charge in [0.15, 0.2) is 0 Å². The number of hydrogen-bond donors (Lipinski definition) is 2. The zero-order chi connectivity index (χ0) is 15.1. The van der Waals surface area contributed by atoms with Crippen LogP contribution in [-0.4, -0.2) is 19.1 Å². The lowest BCUT2D eigenvalue weighted by molar-refractivity contribution is -0.115. The van der Waals surface area contributed by atoms with Crippen molar-refractivity contribution >= 4 is 11.6 Å². The Morgan fingerprint density at radius 3 is 2.62 bits per heavy atom. The third-order valence-electron chi connectivity index (χ3n) is 2.78. The van der Waals surface area contributed by atoms with Gasteiger partial charge in [0.25, 0.3) is 0 Å². The summed E-state index contributed by atoms with van der Waals surface area (Å²) in [5.74, 6) is 0.154. The number of nitrogens with two attached hydrogens (primary N) is 1. The molecule has 3 N–H and O–H groups in total. The van der Waals surface area contributed by atoms with E-state index >= 15 is 0 Å². The number of nitrogens with one attached hydrogen (secondary N) is 1. The van der Waals surface area contributed by atoms with E-state index in [9.17, 15) is 9.18 Å². The van der Waals surface area contributed by atoms with Gasteiger partial charge < -0.3 is 15.8 Å². The minimum atomic E-state index is -0.346. The van der Waals surface area contributed by atoms with E-state index in [4.69, 9.17) is 10.5 Å². The Morgan fingerprint density at radius 1 is 1.19 bits per heavy atom. The summed E-state index contributed by atoms with van der Waals surface area (Å²) in [6.45, 7) is 0.900. The highest BCUT2D eigenvalue weighted by atomic mass is 19.1. The highest BCUT2D eigenvalue weighted by Gasteiger charge is 2.05. The van der Waals surface area contributed by atoms with Crippen LogP contribution in [0.5, 0.6) is 5.75 Å². The first-order chi connectivity index (χ1) is 10.2. The van der Waals surface area contributed by atoms with Crippen LogP contribution in [0.2, 0.25) is 0 Å². The summed E-state index contributed by atoms with van der Waals surface area (Å²) in [6, 6.07) is 13.0. The van der Waals surface area contributed by atoms with Crippen LogP contribution in [-0.2, 0) is 11.2 Å². The number of rotatable bonds is 6. The largest absolute Gasteiger partial charge is 0.492 e. The van der Waals surface area contributed by atoms with Crippen LogP contribution in [0.3, 0.4) is 0 Å². The highest BCUT2D eigenvalue weighted by molar-refractivity contribution is 5.92. The fraction of sp³-hybridized carbons (Fsp3) is 0.188. The third-order valence-corrected chi connectivity index (χ3v) is 2.78. The van der Waals surface area contributed by atoms with Gasteiger partial charge in [0, 0.05) is 12.2 Å². The maximum atomic E-state index is 13.0. The number of amides is 1. The molecular weight excluding hydrogens is 271 g/mol. The van der Waals surface area contributed by atoms with Crippen molar-refractivity contribution in [2.45, 2.75) is 6.42 Å². The number of anilines is 1. The summed E-state index contributed by atoms with van der Waals surface area (Å²) in [5.41, 5.74) is 6.65. The summed E-state index contributed by atoms with van der Waals surface area (Å²) in [4.78, 5) is 11.9. The Kier molecular flexibility index (Phi) is 5.29. The molecule has 5 heteroatoms. The van der Waals surface area contributed by atoms with Crippen LogP contribution in [0.4, 0.5) is 10.1 Å². The molecule has 21 heavy (non-hydrogen) atoms. The molecule has 0 atom stereocenters. The van der Waals surface area contributed by atoms with Gasteiger partial charge in [0.2, 0.25) is 5.91 Å². The minimum absolute atomic E-state index is 0.128. The SMILES string of the molecule is NCCOc1ccc(NC(=O)Cc2cccc(F)c2)cc1. The predicted octanol–water partition coefficient (Wildman–Crippen LogP) is 2.34. The maximum absolute atomic E-state index is 13.0. The molecule has 0 aromatic heterocycles. The summed E-state index contributed by atoms with van der Waals surface area (Å²) >= 11 is 0. The number of hydrogen-bond acceptors (Lipinski definition) is 3. The van der Waals surface area contributed by atoms with Gasteiger partial charge in [-0.2, -0.15) is 0 Å². The van der Waals surface area contributed by atoms with Crippen molar-refractivity contribution < 1.29 is 13.9 Å². The second kappa shape index (κ2) is 7.40. The summed E-state index contributed by atoms with van der Waals surface area (Å²) in [6.07, 6.45) is 0.128. The quantitative estimate of drug-likeness (QED) is 0.857. The molecule has 0 heterocycles. The fourth-order valence-corrected chi connectivity index (χ4v) is 1.85. The van der Waals surface area contributed by atoms with Crippen molar-refractivity contribution in [2.75, 3.05) is 18.5 Å². The number of carbonyl (C=O) groups is 1. The Morgan fingerprint density at radius 2 is 1.95 bits per heavy atom. The van der Waals surface area contributed by atoms with Crippen LogP contribution < -0.4 is 15.8 Å². The van der Waals surface area contributed by atoms with Gasteiger partial charge in [0.05, 0.1) is 6.42 Å². The van der Waals surface area contributed by atoms with Crippen molar-refractivity contribution in [1.82, 2.24) is 0 Å². The second-order valence-corrected chi connectivity index (χ2v) is 4.52. The lowest BCUT2D eigenvalue weighted by Gasteiger charge is -2.08. The molecule has 2 rings (SSSR count). The molecule has 0 unspecified atom stereocenters. The molecule has 2 aromatic carbocycles. The van der Waals surface area contributed by atoms with Crippen molar-refractivity contribution in [3.63, 3.8) is 0 Å². The molecule has 2 aromatic rings. The first-order valence-electron chi connectivity index (χ1n) is 6.64. The van der Waals surface area contributed by atoms with Gasteiger partial charge in [-0.15, -0.1) is 0 Å². The van der Waals surface area contributed by atoms with Gasteiger partial charge in [-0.1, -0.05) is 12.1 Å². The van der Waals surface area contributed by atoms with Gasteiger partial charge in [0.1, 0.15) is 18.2 Å². The Balaban J connectivity index is 1.90. The molecule has 0 spiro atoms. The lowest BCUT2D eigenvalue weighted by Crippen LogP contribution is -2.14. The molecule has 1 amide bonds. The lowest BCUT2D eigenvalue weighted by atomic mass is 10.1. The molecule has 0 saturated carbocycles. The average Bonchev–Trinajstić information content (AvgIpc) is 2.46. The molecule has 0 saturated heterocycles. The topological polar surface area (TPSA) is 64.3 Å². The van der Waals surface area contributed by atoms with Gasteiger partial charge in [-0.05, 0) is 42.0 Å². The number of halogens is 1. The summed E-state index contributed by atoms with van der Waals surface area (Å²) in [7, 11) is 0. The molecule has 0 aliphatic rings. The van der Waals surface area contributed by atoms with Crippen molar-refractivity contribution in [1.29, 1.82) is 0 Å². The second-order valence-electron chi connectivity index (χ2n) is 4.52. The molecule has 110 valence electrons. The summed E-state index contributed by atoms with van der Waals surface area (Å²) < 4.78 is 18.4. The minimum Gasteiger partial charge on any atom is -0.492 e. The average molecular weight is 288 g/mol. The van der Waals surface area contributed by atoms with E-state index in [1.807, 2.05) is 0 Å². The Hall–Kier alpha value is -2.40. The first-order valence-corrected chi connectivity index (χ1v) is 6.64. The molecule has 0 aliphatic carbocycles. The van der Waals surface area contributed by atoms with Crippen molar-refractivity contribution in [3.05, 3.63) is 59.9 Å². The first kappa shape index (κ1) is 15.0. The molecule has 0 bridgehead atoms. The fourth-order valence-electron chi connectivity index (χ4n) is 1.85. The van der Waals surface area contributed by atoms with Crippen LogP contribution in [0.1, 0.15) is 5.56 Å². The molecule has 0 fully saturated rings. The van der Waals surface area contributed by atoms with Gasteiger partial charge in [-0.3, -0.25) is 4.79 Å². The molecule has 4 nitrogen and oxygen atoms in total. The van der Waals surface area contributed by atoms with E-state index < -0.39 is 0 Å². The van der Waals surface area contributed by atoms with E-state index in [2.05, 4.69) is 5.32 Å². The van der Waals surface area contributed by atoms with E-state index in [0.29, 0.717) is 30.2 Å². The van der Waals surface area contributed by atoms with E-state index in [1.165, 1.54) is 12.1 Å². The van der Waals surface area contributed by atoms with Crippen LogP contribution >= 0.6 is 0 Å². The predicted molar refractivity (Wildman–Crippen MR) is 79.7 cm³/mol. The maximum Gasteiger partial charge on any atom is 0.228 e. The molecule has 0 aliphatic heterocycles. The van der Waals surface area contributed by atoms with E-state index in [1.54, 1.807) is 36.4 Å². The Labute approximate surface area is 122 Å². The Bertz CT molecular complexity index is 599. The van der Waals surface area contributed by atoms with Crippen LogP contribution in [0.15, 0.2) is 48.5 Å². The normalized spacial score (nSPS) is 10.2. The number of ether oxygens (including phenoxy) is 1. The van der Waals surface area contributed by atoms with Gasteiger partial charge >= 0.3 is 0 Å². The zero-order valence-corrected chi connectivity index (χ0v) is 11.5. The number of carbonyl (C=O) groups excluding carboxylic acids is 1. The van der Waals surface area contributed by atoms with Crippen molar-refractivity contribution in [2.24, 2.45) is 5.73 Å². The highest BCUT2D eigenvalue weighted by Crippen LogP contribution is 2.16. The van der Waals surface area contributed by atoms with E-state index in [-0.39, 0.29) is 18.1 Å².